The summed E-state index contributed by atoms with van der Waals surface area (Å²) < 4.78 is 71.9. The van der Waals surface area contributed by atoms with E-state index < -0.39 is 29.7 Å². The first-order valence-corrected chi connectivity index (χ1v) is 15.7. The van der Waals surface area contributed by atoms with Gasteiger partial charge in [0.25, 0.3) is 0 Å². The number of hydrogen-bond donors (Lipinski definition) is 3. The molecule has 276 valence electrons. The number of amides is 1. The van der Waals surface area contributed by atoms with Crippen molar-refractivity contribution < 1.29 is 55.7 Å². The Bertz CT molecular complexity index is 1720. The Balaban J connectivity index is 0.000000424. The van der Waals surface area contributed by atoms with Crippen molar-refractivity contribution in [3.05, 3.63) is 77.4 Å². The van der Waals surface area contributed by atoms with Crippen LogP contribution in [-0.2, 0) is 32.4 Å². The molecule has 0 radical (unpaired) electrons. The lowest BCUT2D eigenvalue weighted by atomic mass is 9.73. The van der Waals surface area contributed by atoms with Gasteiger partial charge in [0.2, 0.25) is 5.91 Å². The Hall–Kier alpha value is -5.11. The molecule has 3 aromatic rings. The molecular weight excluding hydrogens is 688 g/mol. The lowest BCUT2D eigenvalue weighted by Crippen LogP contribution is -2.43. The average molecular weight is 726 g/mol. The summed E-state index contributed by atoms with van der Waals surface area (Å²) in [6.07, 6.45) is -0.868. The lowest BCUT2D eigenvalue weighted by molar-refractivity contribution is -0.193. The number of alkyl halides is 6. The van der Waals surface area contributed by atoms with E-state index >= 15 is 0 Å². The molecule has 0 spiro atoms. The van der Waals surface area contributed by atoms with Crippen molar-refractivity contribution >= 4 is 17.8 Å². The van der Waals surface area contributed by atoms with E-state index in [1.807, 2.05) is 78.6 Å². The van der Waals surface area contributed by atoms with Crippen molar-refractivity contribution in [2.75, 3.05) is 20.1 Å². The number of nitrogens with one attached hydrogen (secondary N) is 1. The molecule has 2 aliphatic rings. The van der Waals surface area contributed by atoms with Gasteiger partial charge in [-0.1, -0.05) is 31.5 Å². The zero-order valence-electron chi connectivity index (χ0n) is 27.9. The van der Waals surface area contributed by atoms with Crippen molar-refractivity contribution in [3.8, 4) is 17.6 Å². The first kappa shape index (κ1) is 40.3. The number of likely N-dealkylation sites (N-methyl/N-ethyl adjacent to an activating group) is 1. The number of carbonyl (C=O) groups is 3. The third-order valence-corrected chi connectivity index (χ3v) is 8.81. The lowest BCUT2D eigenvalue weighted by Gasteiger charge is -2.33. The number of likely N-dealkylation sites (tertiary alicyclic amines) is 1. The molecule has 0 aliphatic carbocycles. The summed E-state index contributed by atoms with van der Waals surface area (Å²) in [6.45, 7) is 3.79. The maximum atomic E-state index is 13.5. The predicted octanol–water partition coefficient (Wildman–Crippen LogP) is 6.27. The van der Waals surface area contributed by atoms with Crippen LogP contribution < -0.4 is 10.1 Å². The molecule has 17 heteroatoms. The molecule has 1 amide bonds. The minimum absolute atomic E-state index is 0.176. The van der Waals surface area contributed by atoms with Gasteiger partial charge in [-0.2, -0.15) is 31.6 Å². The van der Waals surface area contributed by atoms with Crippen LogP contribution in [0.5, 0.6) is 11.5 Å². The van der Waals surface area contributed by atoms with E-state index in [0.717, 1.165) is 68.4 Å². The van der Waals surface area contributed by atoms with Crippen molar-refractivity contribution in [3.63, 3.8) is 0 Å². The number of benzene rings is 2. The SMILES string of the molecule is CC[C@@]1(c2cccc(Oc3cc([C@]4(c5cncn5C)CCCN4)ccc3C#N)c2)CCCCN(C)C1=O.O=C(O)C(F)(F)F.O=C(O)C(F)(F)F. The Kier molecular flexibility index (Phi) is 12.9. The number of carboxylic acid groups (broad SMARTS) is 2. The second-order valence-electron chi connectivity index (χ2n) is 12.0. The van der Waals surface area contributed by atoms with Gasteiger partial charge in [-0.25, -0.2) is 14.6 Å². The van der Waals surface area contributed by atoms with Gasteiger partial charge >= 0.3 is 24.3 Å². The van der Waals surface area contributed by atoms with Crippen LogP contribution in [0.15, 0.2) is 55.0 Å². The van der Waals surface area contributed by atoms with E-state index in [-0.39, 0.29) is 11.4 Å². The minimum Gasteiger partial charge on any atom is -0.475 e. The van der Waals surface area contributed by atoms with Crippen LogP contribution in [0.3, 0.4) is 0 Å². The molecular formula is C34H37F6N5O6. The van der Waals surface area contributed by atoms with Gasteiger partial charge in [0.1, 0.15) is 17.6 Å². The Morgan fingerprint density at radius 1 is 0.980 bits per heavy atom. The summed E-state index contributed by atoms with van der Waals surface area (Å²) in [7, 11) is 3.91. The molecule has 2 aromatic carbocycles. The first-order valence-electron chi connectivity index (χ1n) is 15.7. The summed E-state index contributed by atoms with van der Waals surface area (Å²) in [6, 6.07) is 16.0. The summed E-state index contributed by atoms with van der Waals surface area (Å²) in [5.41, 5.74) is 2.64. The second-order valence-corrected chi connectivity index (χ2v) is 12.0. The molecule has 2 fully saturated rings. The maximum absolute atomic E-state index is 13.5. The third kappa shape index (κ3) is 9.37. The Morgan fingerprint density at radius 3 is 2.14 bits per heavy atom. The molecule has 1 aromatic heterocycles. The molecule has 2 saturated heterocycles. The molecule has 11 nitrogen and oxygen atoms in total. The average Bonchev–Trinajstić information content (AvgIpc) is 3.71. The smallest absolute Gasteiger partial charge is 0.475 e. The van der Waals surface area contributed by atoms with Crippen LogP contribution in [0.1, 0.15) is 67.8 Å². The standard InChI is InChI=1S/C30H35N5O2.2C2HF3O2/c1-4-29(13-5-6-16-34(2)28(29)36)23-9-7-10-25(17-23)37-26-18-24(12-11-22(26)19-31)30(14-8-15-33-30)27-20-32-21-35(27)3;2*3-2(4,5)1(6)7/h7,9-12,17-18,20-21,33H,4-6,8,13-16H2,1-3H3;2*(H,6,7)/t29-,30-;;/m0../s1. The largest absolute Gasteiger partial charge is 0.490 e. The number of hydrogen-bond acceptors (Lipinski definition) is 7. The molecule has 51 heavy (non-hydrogen) atoms. The van der Waals surface area contributed by atoms with Crippen LogP contribution in [-0.4, -0.2) is 75.0 Å². The Morgan fingerprint density at radius 2 is 1.63 bits per heavy atom. The highest BCUT2D eigenvalue weighted by atomic mass is 19.4. The van der Waals surface area contributed by atoms with E-state index in [2.05, 4.69) is 23.3 Å². The highest BCUT2D eigenvalue weighted by molar-refractivity contribution is 5.88. The maximum Gasteiger partial charge on any atom is 0.490 e. The van der Waals surface area contributed by atoms with Gasteiger partial charge < -0.3 is 29.7 Å². The van der Waals surface area contributed by atoms with Gasteiger partial charge in [-0.3, -0.25) is 4.79 Å². The van der Waals surface area contributed by atoms with Crippen molar-refractivity contribution in [2.24, 2.45) is 7.05 Å². The fraction of sp³-hybridized carbons (Fsp3) is 0.441. The normalized spacial score (nSPS) is 20.5. The summed E-state index contributed by atoms with van der Waals surface area (Å²) >= 11 is 0. The number of aryl methyl sites for hydroxylation is 1. The molecule has 0 bridgehead atoms. The number of aliphatic carboxylic acids is 2. The number of nitrogens with zero attached hydrogens (tertiary/aromatic N) is 4. The molecule has 0 saturated carbocycles. The number of carbonyl (C=O) groups excluding carboxylic acids is 1. The van der Waals surface area contributed by atoms with Crippen molar-refractivity contribution in [1.82, 2.24) is 19.8 Å². The number of carboxylic acids is 2. The third-order valence-electron chi connectivity index (χ3n) is 8.81. The van der Waals surface area contributed by atoms with E-state index in [4.69, 9.17) is 24.5 Å². The van der Waals surface area contributed by atoms with E-state index in [1.165, 1.54) is 0 Å². The van der Waals surface area contributed by atoms with Crippen LogP contribution in [0.4, 0.5) is 26.3 Å². The fourth-order valence-corrected chi connectivity index (χ4v) is 6.22. The Labute approximate surface area is 289 Å². The van der Waals surface area contributed by atoms with Gasteiger partial charge in [0.05, 0.1) is 34.7 Å². The van der Waals surface area contributed by atoms with Crippen molar-refractivity contribution in [1.29, 1.82) is 5.26 Å². The quantitative estimate of drug-likeness (QED) is 0.249. The van der Waals surface area contributed by atoms with Crippen LogP contribution in [0, 0.1) is 11.3 Å². The van der Waals surface area contributed by atoms with Crippen LogP contribution >= 0.6 is 0 Å². The van der Waals surface area contributed by atoms with Crippen LogP contribution in [0.2, 0.25) is 0 Å². The predicted molar refractivity (Wildman–Crippen MR) is 170 cm³/mol. The van der Waals surface area contributed by atoms with E-state index in [9.17, 15) is 36.4 Å². The molecule has 0 unspecified atom stereocenters. The summed E-state index contributed by atoms with van der Waals surface area (Å²) in [5.74, 6) is -4.19. The zero-order chi connectivity index (χ0) is 38.2. The molecule has 2 atom stereocenters. The highest BCUT2D eigenvalue weighted by Gasteiger charge is 2.43. The molecule has 5 rings (SSSR count). The number of ether oxygens (including phenoxy) is 1. The number of nitriles is 1. The van der Waals surface area contributed by atoms with E-state index in [1.54, 1.807) is 0 Å². The van der Waals surface area contributed by atoms with Gasteiger partial charge in [0.15, 0.2) is 0 Å². The zero-order valence-corrected chi connectivity index (χ0v) is 27.9. The number of rotatable bonds is 6. The number of halogens is 6. The highest BCUT2D eigenvalue weighted by Crippen LogP contribution is 2.42. The number of aromatic nitrogens is 2. The second kappa shape index (κ2) is 16.3. The van der Waals surface area contributed by atoms with Gasteiger partial charge in [0, 0.05) is 20.6 Å². The number of imidazole rings is 1. The monoisotopic (exact) mass is 725 g/mol. The topological polar surface area (TPSA) is 158 Å². The summed E-state index contributed by atoms with van der Waals surface area (Å²) in [4.78, 5) is 37.5. The van der Waals surface area contributed by atoms with Gasteiger partial charge in [-0.05, 0) is 74.0 Å². The van der Waals surface area contributed by atoms with Gasteiger partial charge in [-0.15, -0.1) is 0 Å². The van der Waals surface area contributed by atoms with Crippen LogP contribution in [0.25, 0.3) is 0 Å². The molecule has 3 heterocycles. The molecule has 3 N–H and O–H groups in total. The van der Waals surface area contributed by atoms with Crippen molar-refractivity contribution in [2.45, 2.75) is 68.8 Å². The van der Waals surface area contributed by atoms with E-state index in [0.29, 0.717) is 17.1 Å². The minimum atomic E-state index is -5.08. The first-order chi connectivity index (χ1) is 23.8. The molecule has 2 aliphatic heterocycles. The fourth-order valence-electron chi connectivity index (χ4n) is 6.22. The summed E-state index contributed by atoms with van der Waals surface area (Å²) in [5, 5.41) is 27.8.